The Morgan fingerprint density at radius 2 is 1.62 bits per heavy atom. The molecule has 3 aromatic carbocycles. The monoisotopic (exact) mass is 522 g/mol. The van der Waals surface area contributed by atoms with Gasteiger partial charge in [-0.1, -0.05) is 29.5 Å². The molecular weight excluding hydrogens is 496 g/mol. The van der Waals surface area contributed by atoms with Crippen LogP contribution in [-0.4, -0.2) is 45.3 Å². The molecule has 0 amide bonds. The number of carboxylic acid groups (broad SMARTS) is 1. The molecule has 0 bridgehead atoms. The highest BCUT2D eigenvalue weighted by atomic mass is 16.5. The van der Waals surface area contributed by atoms with Crippen molar-refractivity contribution in [2.24, 2.45) is 0 Å². The molecule has 0 aliphatic rings. The zero-order valence-corrected chi connectivity index (χ0v) is 21.7. The number of nitrogens with zero attached hydrogens (tertiary/aromatic N) is 4. The number of rotatable bonds is 9. The molecular formula is C30H26N4O5. The zero-order valence-electron chi connectivity index (χ0n) is 21.7. The third-order valence-electron chi connectivity index (χ3n) is 6.20. The number of carbonyl (C=O) groups is 1. The summed E-state index contributed by atoms with van der Waals surface area (Å²) in [6.07, 6.45) is 3.55. The van der Waals surface area contributed by atoms with Gasteiger partial charge in [0.1, 0.15) is 29.5 Å². The highest BCUT2D eigenvalue weighted by Gasteiger charge is 2.11. The summed E-state index contributed by atoms with van der Waals surface area (Å²) in [5.74, 6) is 1.16. The van der Waals surface area contributed by atoms with E-state index in [0.717, 1.165) is 33.6 Å². The first-order chi connectivity index (χ1) is 18.9. The third kappa shape index (κ3) is 5.72. The van der Waals surface area contributed by atoms with Crippen LogP contribution in [0.4, 0.5) is 0 Å². The molecule has 9 heteroatoms. The number of hydrogen-bond acceptors (Lipinski definition) is 7. The maximum absolute atomic E-state index is 11.1. The van der Waals surface area contributed by atoms with E-state index in [1.807, 2.05) is 55.5 Å². The summed E-state index contributed by atoms with van der Waals surface area (Å²) in [7, 11) is 3.24. The van der Waals surface area contributed by atoms with Crippen molar-refractivity contribution in [2.45, 2.75) is 13.5 Å². The summed E-state index contributed by atoms with van der Waals surface area (Å²) >= 11 is 0. The second kappa shape index (κ2) is 11.1. The lowest BCUT2D eigenvalue weighted by atomic mass is 10.1. The van der Waals surface area contributed by atoms with Gasteiger partial charge in [-0.15, -0.1) is 5.10 Å². The van der Waals surface area contributed by atoms with Gasteiger partial charge in [0.05, 0.1) is 43.6 Å². The molecule has 5 rings (SSSR count). The first kappa shape index (κ1) is 25.5. The quantitative estimate of drug-likeness (QED) is 0.267. The Kier molecular flexibility index (Phi) is 7.22. The lowest BCUT2D eigenvalue weighted by Gasteiger charge is -2.11. The second-order valence-electron chi connectivity index (χ2n) is 8.82. The van der Waals surface area contributed by atoms with E-state index in [0.29, 0.717) is 29.5 Å². The molecule has 0 unspecified atom stereocenters. The molecule has 0 atom stereocenters. The Morgan fingerprint density at radius 3 is 2.28 bits per heavy atom. The molecule has 0 aliphatic carbocycles. The molecule has 0 saturated heterocycles. The van der Waals surface area contributed by atoms with E-state index in [2.05, 4.69) is 15.3 Å². The molecule has 39 heavy (non-hydrogen) atoms. The van der Waals surface area contributed by atoms with Gasteiger partial charge in [-0.25, -0.2) is 9.48 Å². The predicted molar refractivity (Wildman–Crippen MR) is 146 cm³/mol. The van der Waals surface area contributed by atoms with Crippen molar-refractivity contribution in [1.29, 1.82) is 0 Å². The molecule has 1 N–H and O–H groups in total. The van der Waals surface area contributed by atoms with Crippen molar-refractivity contribution in [2.75, 3.05) is 14.2 Å². The summed E-state index contributed by atoms with van der Waals surface area (Å²) < 4.78 is 18.4. The van der Waals surface area contributed by atoms with Crippen LogP contribution in [0.2, 0.25) is 0 Å². The normalized spacial score (nSPS) is 10.7. The number of pyridine rings is 1. The summed E-state index contributed by atoms with van der Waals surface area (Å²) in [5, 5.41) is 17.6. The van der Waals surface area contributed by atoms with Crippen LogP contribution in [0.1, 0.15) is 21.5 Å². The van der Waals surface area contributed by atoms with Crippen LogP contribution in [0.25, 0.3) is 28.2 Å². The average molecular weight is 523 g/mol. The van der Waals surface area contributed by atoms with E-state index < -0.39 is 5.97 Å². The SMILES string of the molecule is COc1cc(COc2cccc(-c3cc(C)c(-n4cc(-c5ccc(C(=O)O)cc5)nn4)cn3)c2)cc(OC)c1. The molecule has 2 aromatic heterocycles. The molecule has 0 aliphatic heterocycles. The average Bonchev–Trinajstić information content (AvgIpc) is 3.46. The third-order valence-corrected chi connectivity index (χ3v) is 6.20. The first-order valence-electron chi connectivity index (χ1n) is 12.1. The van der Waals surface area contributed by atoms with E-state index in [4.69, 9.17) is 19.3 Å². The van der Waals surface area contributed by atoms with Crippen LogP contribution in [0.3, 0.4) is 0 Å². The van der Waals surface area contributed by atoms with Crippen LogP contribution in [-0.2, 0) is 6.61 Å². The minimum Gasteiger partial charge on any atom is -0.497 e. The minimum absolute atomic E-state index is 0.219. The van der Waals surface area contributed by atoms with Crippen LogP contribution in [0.15, 0.2) is 85.2 Å². The van der Waals surface area contributed by atoms with Crippen molar-refractivity contribution in [3.8, 4) is 45.5 Å². The second-order valence-corrected chi connectivity index (χ2v) is 8.82. The van der Waals surface area contributed by atoms with E-state index in [1.54, 1.807) is 55.6 Å². The van der Waals surface area contributed by atoms with Gasteiger partial charge in [0.15, 0.2) is 0 Å². The highest BCUT2D eigenvalue weighted by Crippen LogP contribution is 2.27. The Morgan fingerprint density at radius 1 is 0.872 bits per heavy atom. The Hall–Kier alpha value is -5.18. The maximum Gasteiger partial charge on any atom is 0.335 e. The molecule has 0 fully saturated rings. The standard InChI is InChI=1S/C30H26N4O5/c1-19-11-27(23-5-4-6-24(14-23)39-18-20-12-25(37-2)15-26(13-20)38-3)31-16-29(19)34-17-28(32-33-34)21-7-9-22(10-8-21)30(35)36/h4-17H,18H2,1-3H3,(H,35,36). The van der Waals surface area contributed by atoms with Gasteiger partial charge in [-0.2, -0.15) is 0 Å². The van der Waals surface area contributed by atoms with Gasteiger partial charge < -0.3 is 19.3 Å². The summed E-state index contributed by atoms with van der Waals surface area (Å²) in [6, 6.07) is 21.9. The van der Waals surface area contributed by atoms with E-state index in [-0.39, 0.29) is 5.56 Å². The van der Waals surface area contributed by atoms with E-state index in [9.17, 15) is 4.79 Å². The number of benzene rings is 3. The largest absolute Gasteiger partial charge is 0.497 e. The number of carboxylic acids is 1. The summed E-state index contributed by atoms with van der Waals surface area (Å²) in [4.78, 5) is 15.8. The van der Waals surface area contributed by atoms with Crippen LogP contribution >= 0.6 is 0 Å². The topological polar surface area (TPSA) is 109 Å². The summed E-state index contributed by atoms with van der Waals surface area (Å²) in [6.45, 7) is 2.34. The van der Waals surface area contributed by atoms with Crippen molar-refractivity contribution in [3.63, 3.8) is 0 Å². The number of aromatic carboxylic acids is 1. The highest BCUT2D eigenvalue weighted by molar-refractivity contribution is 5.88. The van der Waals surface area contributed by atoms with Crippen LogP contribution < -0.4 is 14.2 Å². The fourth-order valence-corrected chi connectivity index (χ4v) is 4.11. The molecule has 2 heterocycles. The number of aryl methyl sites for hydroxylation is 1. The first-order valence-corrected chi connectivity index (χ1v) is 12.1. The van der Waals surface area contributed by atoms with Crippen LogP contribution in [0, 0.1) is 6.92 Å². The number of methoxy groups -OCH3 is 2. The lowest BCUT2D eigenvalue weighted by molar-refractivity contribution is 0.0697. The summed E-state index contributed by atoms with van der Waals surface area (Å²) in [5.41, 5.74) is 6.03. The zero-order chi connectivity index (χ0) is 27.4. The van der Waals surface area contributed by atoms with Crippen molar-refractivity contribution in [3.05, 3.63) is 102 Å². The van der Waals surface area contributed by atoms with Gasteiger partial charge in [0.25, 0.3) is 0 Å². The van der Waals surface area contributed by atoms with E-state index >= 15 is 0 Å². The molecule has 0 radical (unpaired) electrons. The van der Waals surface area contributed by atoms with Gasteiger partial charge in [-0.05, 0) is 60.5 Å². The molecule has 5 aromatic rings. The van der Waals surface area contributed by atoms with Crippen LogP contribution in [0.5, 0.6) is 17.2 Å². The van der Waals surface area contributed by atoms with Gasteiger partial charge in [0.2, 0.25) is 0 Å². The molecule has 0 spiro atoms. The Labute approximate surface area is 225 Å². The Bertz CT molecular complexity index is 1610. The van der Waals surface area contributed by atoms with Gasteiger partial charge in [0, 0.05) is 17.2 Å². The van der Waals surface area contributed by atoms with E-state index in [1.165, 1.54) is 0 Å². The minimum atomic E-state index is -0.971. The van der Waals surface area contributed by atoms with Crippen molar-refractivity contribution < 1.29 is 24.1 Å². The van der Waals surface area contributed by atoms with Crippen molar-refractivity contribution >= 4 is 5.97 Å². The maximum atomic E-state index is 11.1. The fourth-order valence-electron chi connectivity index (χ4n) is 4.11. The fraction of sp³-hybridized carbons (Fsp3) is 0.133. The molecule has 9 nitrogen and oxygen atoms in total. The van der Waals surface area contributed by atoms with Gasteiger partial charge >= 0.3 is 5.97 Å². The number of aromatic nitrogens is 4. The molecule has 0 saturated carbocycles. The predicted octanol–water partition coefficient (Wildman–Crippen LogP) is 5.60. The van der Waals surface area contributed by atoms with Gasteiger partial charge in [-0.3, -0.25) is 4.98 Å². The lowest BCUT2D eigenvalue weighted by Crippen LogP contribution is -2.00. The smallest absolute Gasteiger partial charge is 0.335 e. The van der Waals surface area contributed by atoms with Crippen molar-refractivity contribution in [1.82, 2.24) is 20.0 Å². The number of hydrogen-bond donors (Lipinski definition) is 1. The Balaban J connectivity index is 1.32. The molecule has 196 valence electrons. The number of ether oxygens (including phenoxy) is 3.